The highest BCUT2D eigenvalue weighted by Crippen LogP contribution is 2.48. The molecular formula is C11H16B2FN. The zero-order chi connectivity index (χ0) is 11.4. The highest BCUT2D eigenvalue weighted by atomic mass is 19.1. The van der Waals surface area contributed by atoms with Crippen LogP contribution in [0.2, 0.25) is 0 Å². The molecule has 4 radical (unpaired) electrons. The fourth-order valence-electron chi connectivity index (χ4n) is 2.98. The van der Waals surface area contributed by atoms with Crippen molar-refractivity contribution in [3.8, 4) is 0 Å². The second kappa shape index (κ2) is 3.05. The molecule has 2 aliphatic rings. The van der Waals surface area contributed by atoms with Gasteiger partial charge in [0.2, 0.25) is 0 Å². The number of rotatable bonds is 0. The van der Waals surface area contributed by atoms with E-state index in [2.05, 4.69) is 20.4 Å². The number of hydrogen-bond acceptors (Lipinski definition) is 1. The molecule has 0 aromatic carbocycles. The van der Waals surface area contributed by atoms with Crippen LogP contribution in [0.3, 0.4) is 0 Å². The Balaban J connectivity index is 2.35. The Hall–Kier alpha value is -0.400. The molecule has 15 heavy (non-hydrogen) atoms. The van der Waals surface area contributed by atoms with Gasteiger partial charge in [0.05, 0.1) is 5.57 Å². The topological polar surface area (TPSA) is 3.24 Å². The maximum absolute atomic E-state index is 13.8. The zero-order valence-corrected chi connectivity index (χ0v) is 9.46. The van der Waals surface area contributed by atoms with Gasteiger partial charge in [0.15, 0.2) is 0 Å². The number of piperidine rings is 1. The summed E-state index contributed by atoms with van der Waals surface area (Å²) in [5.74, 6) is 0.616. The van der Waals surface area contributed by atoms with Crippen molar-refractivity contribution in [2.45, 2.75) is 37.7 Å². The van der Waals surface area contributed by atoms with Crippen LogP contribution in [0, 0.1) is 11.8 Å². The lowest BCUT2D eigenvalue weighted by Gasteiger charge is -2.50. The summed E-state index contributed by atoms with van der Waals surface area (Å²) in [7, 11) is 11.8. The smallest absolute Gasteiger partial charge is 0.123 e. The van der Waals surface area contributed by atoms with E-state index in [0.29, 0.717) is 5.92 Å². The minimum Gasteiger partial charge on any atom is -0.375 e. The maximum Gasteiger partial charge on any atom is 0.123 e. The third-order valence-electron chi connectivity index (χ3n) is 3.98. The van der Waals surface area contributed by atoms with E-state index < -0.39 is 11.0 Å². The number of hydrogen-bond donors (Lipinski definition) is 0. The summed E-state index contributed by atoms with van der Waals surface area (Å²) >= 11 is 0. The Morgan fingerprint density at radius 2 is 2.07 bits per heavy atom. The van der Waals surface area contributed by atoms with Gasteiger partial charge in [-0.25, -0.2) is 0 Å². The predicted molar refractivity (Wildman–Crippen MR) is 61.5 cm³/mol. The van der Waals surface area contributed by atoms with E-state index in [1.54, 1.807) is 0 Å². The molecule has 0 aliphatic carbocycles. The minimum absolute atomic E-state index is 0.178. The number of allylic oxidation sites excluding steroid dienone is 1. The van der Waals surface area contributed by atoms with Gasteiger partial charge in [-0.1, -0.05) is 20.4 Å². The Kier molecular flexibility index (Phi) is 2.26. The fourth-order valence-corrected chi connectivity index (χ4v) is 2.98. The van der Waals surface area contributed by atoms with Crippen LogP contribution < -0.4 is 0 Å². The highest BCUT2D eigenvalue weighted by Gasteiger charge is 2.53. The first kappa shape index (κ1) is 11.1. The molecule has 2 heterocycles. The van der Waals surface area contributed by atoms with E-state index in [0.717, 1.165) is 12.1 Å². The molecule has 4 atom stereocenters. The largest absolute Gasteiger partial charge is 0.375 e. The monoisotopic (exact) mass is 203 g/mol. The van der Waals surface area contributed by atoms with Gasteiger partial charge in [0.25, 0.3) is 0 Å². The van der Waals surface area contributed by atoms with Gasteiger partial charge >= 0.3 is 0 Å². The van der Waals surface area contributed by atoms with Crippen LogP contribution in [-0.4, -0.2) is 38.1 Å². The van der Waals surface area contributed by atoms with E-state index in [9.17, 15) is 4.39 Å². The number of alkyl halides is 1. The van der Waals surface area contributed by atoms with Crippen molar-refractivity contribution in [3.05, 3.63) is 12.3 Å². The molecular weight excluding hydrogens is 187 g/mol. The third kappa shape index (κ3) is 1.53. The van der Waals surface area contributed by atoms with Crippen LogP contribution >= 0.6 is 0 Å². The van der Waals surface area contributed by atoms with Crippen molar-refractivity contribution < 1.29 is 4.39 Å². The summed E-state index contributed by atoms with van der Waals surface area (Å²) in [5.41, 5.74) is -1.37. The van der Waals surface area contributed by atoms with E-state index >= 15 is 0 Å². The minimum atomic E-state index is -1.67. The molecule has 4 unspecified atom stereocenters. The number of halogens is 1. The van der Waals surface area contributed by atoms with Gasteiger partial charge < -0.3 is 4.90 Å². The van der Waals surface area contributed by atoms with Crippen molar-refractivity contribution >= 4 is 15.7 Å². The highest BCUT2D eigenvalue weighted by molar-refractivity contribution is 6.20. The van der Waals surface area contributed by atoms with Crippen LogP contribution in [0.4, 0.5) is 4.39 Å². The Labute approximate surface area is 93.9 Å². The molecule has 0 bridgehead atoms. The summed E-state index contributed by atoms with van der Waals surface area (Å²) in [6.07, 6.45) is 1.16. The summed E-state index contributed by atoms with van der Waals surface area (Å²) < 4.78 is 13.8. The zero-order valence-electron chi connectivity index (χ0n) is 9.46. The molecule has 2 fully saturated rings. The Bertz CT molecular complexity index is 305. The van der Waals surface area contributed by atoms with Crippen LogP contribution in [0.25, 0.3) is 0 Å². The molecule has 0 N–H and O–H groups in total. The lowest BCUT2D eigenvalue weighted by atomic mass is 9.59. The molecule has 2 aliphatic heterocycles. The lowest BCUT2D eigenvalue weighted by molar-refractivity contribution is 0.123. The van der Waals surface area contributed by atoms with Crippen molar-refractivity contribution in [1.82, 2.24) is 4.90 Å². The first-order valence-electron chi connectivity index (χ1n) is 5.49. The normalized spacial score (nSPS) is 50.6. The SMILES string of the molecule is [B]C1(F)CN2C(=C)C(C)CC(C)C2([B])C1. The van der Waals surface area contributed by atoms with Crippen molar-refractivity contribution in [2.75, 3.05) is 6.54 Å². The van der Waals surface area contributed by atoms with Crippen LogP contribution in [0.1, 0.15) is 26.7 Å². The van der Waals surface area contributed by atoms with Gasteiger partial charge in [0.1, 0.15) is 15.7 Å². The second-order valence-electron chi connectivity index (χ2n) is 5.32. The standard InChI is InChI=1S/C11H16B2FN/c1-7-4-8(2)11(13)5-10(12,14)6-15(11)9(7)3/h7-8H,3-6H2,1-2H3. The van der Waals surface area contributed by atoms with Crippen molar-refractivity contribution in [2.24, 2.45) is 11.8 Å². The Morgan fingerprint density at radius 3 is 2.67 bits per heavy atom. The van der Waals surface area contributed by atoms with Crippen molar-refractivity contribution in [3.63, 3.8) is 0 Å². The van der Waals surface area contributed by atoms with Gasteiger partial charge in [-0.05, 0) is 24.7 Å². The summed E-state index contributed by atoms with van der Waals surface area (Å²) in [5, 5.41) is 0. The van der Waals surface area contributed by atoms with E-state index in [-0.39, 0.29) is 18.9 Å². The molecule has 4 heteroatoms. The van der Waals surface area contributed by atoms with Gasteiger partial charge in [-0.15, -0.1) is 0 Å². The molecule has 0 aromatic rings. The number of fused-ring (bicyclic) bond motifs is 1. The third-order valence-corrected chi connectivity index (χ3v) is 3.98. The van der Waals surface area contributed by atoms with Crippen LogP contribution in [-0.2, 0) is 0 Å². The predicted octanol–water partition coefficient (Wildman–Crippen LogP) is 1.58. The molecule has 0 saturated carbocycles. The second-order valence-corrected chi connectivity index (χ2v) is 5.32. The van der Waals surface area contributed by atoms with Crippen molar-refractivity contribution in [1.29, 1.82) is 0 Å². The van der Waals surface area contributed by atoms with E-state index in [1.165, 1.54) is 0 Å². The van der Waals surface area contributed by atoms with Gasteiger partial charge in [0, 0.05) is 17.7 Å². The molecule has 0 aromatic heterocycles. The Morgan fingerprint density at radius 1 is 1.47 bits per heavy atom. The average molecular weight is 203 g/mol. The molecule has 2 rings (SSSR count). The fraction of sp³-hybridized carbons (Fsp3) is 0.818. The van der Waals surface area contributed by atoms with Gasteiger partial charge in [-0.2, -0.15) is 0 Å². The number of nitrogens with zero attached hydrogens (tertiary/aromatic N) is 1. The van der Waals surface area contributed by atoms with Crippen LogP contribution in [0.15, 0.2) is 12.3 Å². The first-order valence-corrected chi connectivity index (χ1v) is 5.49. The van der Waals surface area contributed by atoms with Crippen LogP contribution in [0.5, 0.6) is 0 Å². The average Bonchev–Trinajstić information content (AvgIpc) is 2.34. The molecule has 0 spiro atoms. The lowest BCUT2D eigenvalue weighted by Crippen LogP contribution is -2.53. The summed E-state index contributed by atoms with van der Waals surface area (Å²) in [4.78, 5) is 1.88. The summed E-state index contributed by atoms with van der Waals surface area (Å²) in [6, 6.07) is 0. The van der Waals surface area contributed by atoms with E-state index in [4.69, 9.17) is 15.7 Å². The first-order chi connectivity index (χ1) is 6.76. The summed E-state index contributed by atoms with van der Waals surface area (Å²) in [6.45, 7) is 8.36. The van der Waals surface area contributed by atoms with E-state index in [1.807, 2.05) is 4.90 Å². The van der Waals surface area contributed by atoms with Gasteiger partial charge in [-0.3, -0.25) is 4.39 Å². The quantitative estimate of drug-likeness (QED) is 0.540. The molecule has 78 valence electrons. The molecule has 0 amide bonds. The molecule has 2 saturated heterocycles. The molecule has 1 nitrogen and oxygen atoms in total. The maximum atomic E-state index is 13.8.